The largest absolute Gasteiger partial charge is 0.385 e. The van der Waals surface area contributed by atoms with Crippen LogP contribution in [-0.4, -0.2) is 13.7 Å². The van der Waals surface area contributed by atoms with Crippen LogP contribution in [0.1, 0.15) is 24.9 Å². The third-order valence-corrected chi connectivity index (χ3v) is 4.20. The zero-order valence-electron chi connectivity index (χ0n) is 11.9. The van der Waals surface area contributed by atoms with Gasteiger partial charge in [-0.1, -0.05) is 41.1 Å². The SMILES string of the molecule is COCCC(C)C(NN)c1ccc2cc(Br)ccc2c1. The van der Waals surface area contributed by atoms with E-state index in [1.54, 1.807) is 7.11 Å². The Labute approximate surface area is 128 Å². The van der Waals surface area contributed by atoms with Crippen molar-refractivity contribution in [3.63, 3.8) is 0 Å². The number of halogens is 1. The van der Waals surface area contributed by atoms with E-state index in [1.165, 1.54) is 16.3 Å². The molecular weight excluding hydrogens is 316 g/mol. The van der Waals surface area contributed by atoms with Gasteiger partial charge in [0.25, 0.3) is 0 Å². The molecule has 2 aromatic carbocycles. The first kappa shape index (κ1) is 15.4. The van der Waals surface area contributed by atoms with Gasteiger partial charge in [-0.3, -0.25) is 11.3 Å². The van der Waals surface area contributed by atoms with Crippen molar-refractivity contribution in [3.8, 4) is 0 Å². The molecule has 2 unspecified atom stereocenters. The fourth-order valence-corrected chi connectivity index (χ4v) is 2.87. The van der Waals surface area contributed by atoms with Gasteiger partial charge in [0.05, 0.1) is 0 Å². The average Bonchev–Trinajstić information content (AvgIpc) is 2.46. The Morgan fingerprint density at radius 1 is 1.20 bits per heavy atom. The molecule has 0 fully saturated rings. The standard InChI is InChI=1S/C16H21BrN2O/c1-11(7-8-20-2)16(19-18)14-4-3-13-10-15(17)6-5-12(13)9-14/h3-6,9-11,16,19H,7-8,18H2,1-2H3. The topological polar surface area (TPSA) is 47.3 Å². The summed E-state index contributed by atoms with van der Waals surface area (Å²) in [5, 5.41) is 2.45. The highest BCUT2D eigenvalue weighted by atomic mass is 79.9. The molecule has 0 saturated carbocycles. The van der Waals surface area contributed by atoms with Crippen molar-refractivity contribution >= 4 is 26.7 Å². The summed E-state index contributed by atoms with van der Waals surface area (Å²) < 4.78 is 6.25. The fourth-order valence-electron chi connectivity index (χ4n) is 2.49. The summed E-state index contributed by atoms with van der Waals surface area (Å²) >= 11 is 3.50. The van der Waals surface area contributed by atoms with Crippen LogP contribution in [0.25, 0.3) is 10.8 Å². The molecule has 0 aliphatic heterocycles. The lowest BCUT2D eigenvalue weighted by Crippen LogP contribution is -2.33. The summed E-state index contributed by atoms with van der Waals surface area (Å²) in [5.41, 5.74) is 4.15. The van der Waals surface area contributed by atoms with Crippen LogP contribution in [0.15, 0.2) is 40.9 Å². The number of hydrogen-bond donors (Lipinski definition) is 2. The van der Waals surface area contributed by atoms with Crippen LogP contribution in [-0.2, 0) is 4.74 Å². The van der Waals surface area contributed by atoms with Crippen LogP contribution in [0.2, 0.25) is 0 Å². The van der Waals surface area contributed by atoms with E-state index in [0.29, 0.717) is 5.92 Å². The maximum absolute atomic E-state index is 5.75. The summed E-state index contributed by atoms with van der Waals surface area (Å²) in [4.78, 5) is 0. The Morgan fingerprint density at radius 2 is 1.90 bits per heavy atom. The number of benzene rings is 2. The third-order valence-electron chi connectivity index (χ3n) is 3.71. The van der Waals surface area contributed by atoms with Crippen molar-refractivity contribution in [3.05, 3.63) is 46.4 Å². The van der Waals surface area contributed by atoms with E-state index in [9.17, 15) is 0 Å². The van der Waals surface area contributed by atoms with E-state index in [1.807, 2.05) is 0 Å². The Kier molecular flexibility index (Phi) is 5.54. The molecule has 0 aliphatic carbocycles. The number of hydrogen-bond acceptors (Lipinski definition) is 3. The molecular formula is C16H21BrN2O. The number of rotatable bonds is 6. The second-order valence-corrected chi connectivity index (χ2v) is 6.07. The van der Waals surface area contributed by atoms with Crippen LogP contribution < -0.4 is 11.3 Å². The van der Waals surface area contributed by atoms with Gasteiger partial charge in [0.15, 0.2) is 0 Å². The zero-order chi connectivity index (χ0) is 14.5. The molecule has 2 aromatic rings. The van der Waals surface area contributed by atoms with Gasteiger partial charge in [-0.15, -0.1) is 0 Å². The maximum Gasteiger partial charge on any atom is 0.0486 e. The minimum absolute atomic E-state index is 0.137. The first-order chi connectivity index (χ1) is 9.65. The van der Waals surface area contributed by atoms with Crippen LogP contribution in [0, 0.1) is 5.92 Å². The molecule has 0 amide bonds. The lowest BCUT2D eigenvalue weighted by atomic mass is 9.91. The molecule has 3 nitrogen and oxygen atoms in total. The number of nitrogens with two attached hydrogens (primary N) is 1. The Morgan fingerprint density at radius 3 is 2.60 bits per heavy atom. The molecule has 0 radical (unpaired) electrons. The molecule has 0 bridgehead atoms. The lowest BCUT2D eigenvalue weighted by molar-refractivity contribution is 0.170. The van der Waals surface area contributed by atoms with Crippen LogP contribution in [0.4, 0.5) is 0 Å². The Hall–Kier alpha value is -0.940. The van der Waals surface area contributed by atoms with Crippen molar-refractivity contribution in [1.29, 1.82) is 0 Å². The van der Waals surface area contributed by atoms with Crippen LogP contribution in [0.5, 0.6) is 0 Å². The number of ether oxygens (including phenoxy) is 1. The number of methoxy groups -OCH3 is 1. The molecule has 0 spiro atoms. The molecule has 4 heteroatoms. The second kappa shape index (κ2) is 7.18. The van der Waals surface area contributed by atoms with Crippen LogP contribution >= 0.6 is 15.9 Å². The third kappa shape index (κ3) is 3.58. The van der Waals surface area contributed by atoms with Crippen LogP contribution in [0.3, 0.4) is 0 Å². The van der Waals surface area contributed by atoms with Gasteiger partial charge in [-0.2, -0.15) is 0 Å². The molecule has 2 rings (SSSR count). The molecule has 0 heterocycles. The Bertz CT molecular complexity index is 573. The molecule has 0 saturated heterocycles. The highest BCUT2D eigenvalue weighted by molar-refractivity contribution is 9.10. The average molecular weight is 337 g/mol. The normalized spacial score (nSPS) is 14.4. The predicted octanol–water partition coefficient (Wildman–Crippen LogP) is 3.78. The summed E-state index contributed by atoms with van der Waals surface area (Å²) in [5.74, 6) is 6.16. The smallest absolute Gasteiger partial charge is 0.0486 e. The van der Waals surface area contributed by atoms with Gasteiger partial charge in [0.2, 0.25) is 0 Å². The van der Waals surface area contributed by atoms with E-state index in [4.69, 9.17) is 10.6 Å². The fraction of sp³-hybridized carbons (Fsp3) is 0.375. The van der Waals surface area contributed by atoms with Gasteiger partial charge < -0.3 is 4.74 Å². The summed E-state index contributed by atoms with van der Waals surface area (Å²) in [7, 11) is 1.73. The van der Waals surface area contributed by atoms with Crippen molar-refractivity contribution in [2.45, 2.75) is 19.4 Å². The molecule has 2 atom stereocenters. The maximum atomic E-state index is 5.75. The Balaban J connectivity index is 2.27. The highest BCUT2D eigenvalue weighted by Gasteiger charge is 2.18. The lowest BCUT2D eigenvalue weighted by Gasteiger charge is -2.24. The van der Waals surface area contributed by atoms with Crippen molar-refractivity contribution in [2.75, 3.05) is 13.7 Å². The summed E-state index contributed by atoms with van der Waals surface area (Å²) in [6, 6.07) is 12.9. The van der Waals surface area contributed by atoms with Gasteiger partial charge >= 0.3 is 0 Å². The van der Waals surface area contributed by atoms with Gasteiger partial charge in [-0.25, -0.2) is 0 Å². The molecule has 3 N–H and O–H groups in total. The molecule has 20 heavy (non-hydrogen) atoms. The van der Waals surface area contributed by atoms with Crippen molar-refractivity contribution in [1.82, 2.24) is 5.43 Å². The van der Waals surface area contributed by atoms with Crippen molar-refractivity contribution < 1.29 is 4.74 Å². The summed E-state index contributed by atoms with van der Waals surface area (Å²) in [6.07, 6.45) is 0.976. The molecule has 0 aliphatic rings. The molecule has 108 valence electrons. The minimum atomic E-state index is 0.137. The van der Waals surface area contributed by atoms with Gasteiger partial charge in [0, 0.05) is 24.2 Å². The van der Waals surface area contributed by atoms with E-state index in [-0.39, 0.29) is 6.04 Å². The van der Waals surface area contributed by atoms with Gasteiger partial charge in [-0.05, 0) is 46.9 Å². The van der Waals surface area contributed by atoms with E-state index >= 15 is 0 Å². The predicted molar refractivity (Wildman–Crippen MR) is 87.4 cm³/mol. The quantitative estimate of drug-likeness (QED) is 0.623. The first-order valence-electron chi connectivity index (χ1n) is 6.80. The van der Waals surface area contributed by atoms with Crippen molar-refractivity contribution in [2.24, 2.45) is 11.8 Å². The first-order valence-corrected chi connectivity index (χ1v) is 7.59. The summed E-state index contributed by atoms with van der Waals surface area (Å²) in [6.45, 7) is 2.94. The monoisotopic (exact) mass is 336 g/mol. The van der Waals surface area contributed by atoms with E-state index in [0.717, 1.165) is 17.5 Å². The molecule has 0 aromatic heterocycles. The number of fused-ring (bicyclic) bond motifs is 1. The zero-order valence-corrected chi connectivity index (χ0v) is 13.5. The minimum Gasteiger partial charge on any atom is -0.385 e. The number of nitrogens with one attached hydrogen (secondary N) is 1. The van der Waals surface area contributed by atoms with Gasteiger partial charge in [0.1, 0.15) is 0 Å². The van der Waals surface area contributed by atoms with E-state index < -0.39 is 0 Å². The number of hydrazine groups is 1. The van der Waals surface area contributed by atoms with E-state index in [2.05, 4.69) is 64.7 Å². The second-order valence-electron chi connectivity index (χ2n) is 5.15. The highest BCUT2D eigenvalue weighted by Crippen LogP contribution is 2.28.